The zero-order chi connectivity index (χ0) is 43.0. The number of carbonyl (C=O) groups is 2. The molecule has 0 unspecified atom stereocenters. The first-order valence-electron chi connectivity index (χ1n) is 20.1. The summed E-state index contributed by atoms with van der Waals surface area (Å²) in [4.78, 5) is 83.3. The number of fused-ring (bicyclic) bond motifs is 2. The number of hydrogen-bond donors (Lipinski definition) is 2. The lowest BCUT2D eigenvalue weighted by Gasteiger charge is -2.37. The molecule has 0 saturated carbocycles. The van der Waals surface area contributed by atoms with Crippen molar-refractivity contribution in [2.45, 2.75) is 44.4 Å². The number of pyridine rings is 2. The molecule has 19 heteroatoms. The van der Waals surface area contributed by atoms with Gasteiger partial charge in [0.2, 0.25) is 5.95 Å². The summed E-state index contributed by atoms with van der Waals surface area (Å²) in [7, 11) is 5.13. The van der Waals surface area contributed by atoms with Crippen LogP contribution in [-0.4, -0.2) is 114 Å². The highest BCUT2D eigenvalue weighted by molar-refractivity contribution is 6.06. The fourth-order valence-corrected chi connectivity index (χ4v) is 8.34. The van der Waals surface area contributed by atoms with Crippen LogP contribution >= 0.6 is 0 Å². The molecular formula is C42H45F3N12O4. The van der Waals surface area contributed by atoms with Crippen LogP contribution in [0.5, 0.6) is 0 Å². The molecule has 2 amide bonds. The molecule has 8 heterocycles. The number of halogens is 3. The maximum Gasteiger partial charge on any atom is 0.433 e. The number of H-pyrrole nitrogens is 2. The lowest BCUT2D eigenvalue weighted by atomic mass is 9.96. The molecule has 2 aliphatic heterocycles. The standard InChI is InChI=1S/C42H45F3N12O4/c1-52(37(58)31-23-53(2)39(60)35-29(31)6-13-46-35)22-26-9-17-55(18-10-26)34-21-27(49-25-50-34)5-4-16-57-24-32(30-7-14-47-36(30)40(57)61)38(59)54(3)28-11-19-56(20-12-28)41-48-15-8-33(51-41)42(43,44)45/h4-8,13-15,21,23-26,28,46-47H,9-12,16-20,22H2,1-3H3/b5-4+. The van der Waals surface area contributed by atoms with Crippen molar-refractivity contribution in [3.8, 4) is 0 Å². The SMILES string of the molecule is CN(CC1CCN(c2cc(/C=C/Cn3cc(C(=O)N(C)C4CCN(c5nccc(C(F)(F)F)n5)CC4)c4cc[nH]c4c3=O)ncn2)CC1)C(=O)c1cn(C)c(=O)c2[nH]ccc12. The molecule has 61 heavy (non-hydrogen) atoms. The number of rotatable bonds is 10. The average Bonchev–Trinajstić information content (AvgIpc) is 3.97. The molecule has 8 rings (SSSR count). The highest BCUT2D eigenvalue weighted by Crippen LogP contribution is 2.30. The van der Waals surface area contributed by atoms with E-state index < -0.39 is 11.9 Å². The van der Waals surface area contributed by atoms with Gasteiger partial charge in [-0.1, -0.05) is 6.08 Å². The van der Waals surface area contributed by atoms with Crippen LogP contribution in [0.2, 0.25) is 0 Å². The molecule has 6 aromatic heterocycles. The van der Waals surface area contributed by atoms with Gasteiger partial charge in [0.1, 0.15) is 28.9 Å². The van der Waals surface area contributed by atoms with E-state index in [2.05, 4.69) is 34.8 Å². The van der Waals surface area contributed by atoms with Crippen LogP contribution in [0.1, 0.15) is 57.8 Å². The molecule has 2 fully saturated rings. The number of hydrogen-bond acceptors (Lipinski definition) is 10. The van der Waals surface area contributed by atoms with Crippen molar-refractivity contribution in [3.05, 3.63) is 111 Å². The fraction of sp³-hybridized carbons (Fsp3) is 0.381. The van der Waals surface area contributed by atoms with Crippen molar-refractivity contribution >= 4 is 51.5 Å². The van der Waals surface area contributed by atoms with Gasteiger partial charge in [0.05, 0.1) is 16.8 Å². The third-order valence-electron chi connectivity index (χ3n) is 11.8. The van der Waals surface area contributed by atoms with E-state index in [9.17, 15) is 32.3 Å². The molecule has 318 valence electrons. The van der Waals surface area contributed by atoms with Crippen LogP contribution < -0.4 is 20.9 Å². The van der Waals surface area contributed by atoms with Gasteiger partial charge in [0.25, 0.3) is 22.9 Å². The molecule has 0 spiro atoms. The molecule has 2 aliphatic rings. The number of alkyl halides is 3. The quantitative estimate of drug-likeness (QED) is 0.199. The second-order valence-electron chi connectivity index (χ2n) is 15.7. The van der Waals surface area contributed by atoms with Crippen molar-refractivity contribution in [2.24, 2.45) is 13.0 Å². The first-order chi connectivity index (χ1) is 29.3. The van der Waals surface area contributed by atoms with Crippen molar-refractivity contribution in [3.63, 3.8) is 0 Å². The third-order valence-corrected chi connectivity index (χ3v) is 11.8. The molecule has 2 saturated heterocycles. The first-order valence-corrected chi connectivity index (χ1v) is 20.1. The van der Waals surface area contributed by atoms with Gasteiger partial charge in [-0.2, -0.15) is 13.2 Å². The predicted molar refractivity (Wildman–Crippen MR) is 223 cm³/mol. The summed E-state index contributed by atoms with van der Waals surface area (Å²) in [5.41, 5.74) is 0.731. The zero-order valence-corrected chi connectivity index (χ0v) is 33.9. The Morgan fingerprint density at radius 3 is 2.20 bits per heavy atom. The Morgan fingerprint density at radius 2 is 1.51 bits per heavy atom. The minimum absolute atomic E-state index is 0.00400. The number of anilines is 2. The predicted octanol–water partition coefficient (Wildman–Crippen LogP) is 4.55. The van der Waals surface area contributed by atoms with Crippen molar-refractivity contribution in [1.82, 2.24) is 48.8 Å². The highest BCUT2D eigenvalue weighted by Gasteiger charge is 2.34. The largest absolute Gasteiger partial charge is 0.433 e. The van der Waals surface area contributed by atoms with Gasteiger partial charge in [-0.15, -0.1) is 0 Å². The molecular weight excluding hydrogens is 794 g/mol. The van der Waals surface area contributed by atoms with Crippen LogP contribution in [-0.2, 0) is 19.8 Å². The minimum atomic E-state index is -4.58. The second kappa shape index (κ2) is 16.7. The summed E-state index contributed by atoms with van der Waals surface area (Å²) in [6.07, 6.45) is 10.8. The molecule has 2 N–H and O–H groups in total. The lowest BCUT2D eigenvalue weighted by molar-refractivity contribution is -0.141. The monoisotopic (exact) mass is 838 g/mol. The number of aromatic amines is 2. The number of carbonyl (C=O) groups excluding carboxylic acids is 2. The average molecular weight is 839 g/mol. The first kappa shape index (κ1) is 41.0. The number of aryl methyl sites for hydroxylation is 1. The van der Waals surface area contributed by atoms with Crippen LogP contribution in [0.3, 0.4) is 0 Å². The number of aromatic nitrogens is 8. The Labute approximate surface area is 347 Å². The van der Waals surface area contributed by atoms with Gasteiger partial charge >= 0.3 is 6.18 Å². The smallest absolute Gasteiger partial charge is 0.357 e. The van der Waals surface area contributed by atoms with Gasteiger partial charge in [-0.3, -0.25) is 19.2 Å². The van der Waals surface area contributed by atoms with Gasteiger partial charge < -0.3 is 38.7 Å². The lowest BCUT2D eigenvalue weighted by Crippen LogP contribution is -2.46. The Bertz CT molecular complexity index is 2740. The summed E-state index contributed by atoms with van der Waals surface area (Å²) >= 11 is 0. The minimum Gasteiger partial charge on any atom is -0.357 e. The second-order valence-corrected chi connectivity index (χ2v) is 15.7. The molecule has 6 aromatic rings. The van der Waals surface area contributed by atoms with E-state index in [4.69, 9.17) is 0 Å². The topological polar surface area (TPSA) is 174 Å². The Kier molecular flexibility index (Phi) is 11.2. The van der Waals surface area contributed by atoms with E-state index >= 15 is 0 Å². The Balaban J connectivity index is 0.879. The van der Waals surface area contributed by atoms with Crippen molar-refractivity contribution < 1.29 is 22.8 Å². The summed E-state index contributed by atoms with van der Waals surface area (Å²) in [5, 5.41) is 1.12. The molecule has 0 atom stereocenters. The van der Waals surface area contributed by atoms with Gasteiger partial charge in [-0.05, 0) is 55.9 Å². The van der Waals surface area contributed by atoms with Gasteiger partial charge in [-0.25, -0.2) is 19.9 Å². The molecule has 0 radical (unpaired) electrons. The molecule has 16 nitrogen and oxygen atoms in total. The molecule has 0 aromatic carbocycles. The van der Waals surface area contributed by atoms with Crippen molar-refractivity contribution in [2.75, 3.05) is 56.6 Å². The van der Waals surface area contributed by atoms with Crippen LogP contribution in [0, 0.1) is 5.92 Å². The number of amides is 2. The van der Waals surface area contributed by atoms with Gasteiger partial charge in [0, 0.05) is 114 Å². The maximum absolute atomic E-state index is 14.0. The highest BCUT2D eigenvalue weighted by atomic mass is 19.4. The molecule has 0 aliphatic carbocycles. The summed E-state index contributed by atoms with van der Waals surface area (Å²) in [5.74, 6) is 0.649. The number of allylic oxidation sites excluding steroid dienone is 1. The maximum atomic E-state index is 14.0. The van der Waals surface area contributed by atoms with E-state index in [0.717, 1.165) is 44.0 Å². The Morgan fingerprint density at radius 1 is 0.852 bits per heavy atom. The zero-order valence-electron chi connectivity index (χ0n) is 33.9. The van der Waals surface area contributed by atoms with Crippen molar-refractivity contribution in [1.29, 1.82) is 0 Å². The normalized spacial score (nSPS) is 15.6. The fourth-order valence-electron chi connectivity index (χ4n) is 8.34. The summed E-state index contributed by atoms with van der Waals surface area (Å²) < 4.78 is 42.6. The van der Waals surface area contributed by atoms with E-state index in [1.165, 1.54) is 15.5 Å². The number of nitrogens with one attached hydrogen (secondary N) is 2. The van der Waals surface area contributed by atoms with E-state index in [1.54, 1.807) is 84.9 Å². The van der Waals surface area contributed by atoms with Crippen LogP contribution in [0.25, 0.3) is 27.9 Å². The van der Waals surface area contributed by atoms with E-state index in [-0.39, 0.29) is 47.4 Å². The Hall–Kier alpha value is -6.79. The van der Waals surface area contributed by atoms with E-state index in [1.807, 2.05) is 6.07 Å². The van der Waals surface area contributed by atoms with Gasteiger partial charge in [0.15, 0.2) is 0 Å². The third kappa shape index (κ3) is 8.36. The number of nitrogens with zero attached hydrogens (tertiary/aromatic N) is 10. The van der Waals surface area contributed by atoms with Crippen LogP contribution in [0.15, 0.2) is 77.2 Å². The number of piperidine rings is 2. The van der Waals surface area contributed by atoms with E-state index in [0.29, 0.717) is 71.1 Å². The summed E-state index contributed by atoms with van der Waals surface area (Å²) in [6, 6.07) is 5.99. The van der Waals surface area contributed by atoms with Crippen LogP contribution in [0.4, 0.5) is 24.9 Å². The summed E-state index contributed by atoms with van der Waals surface area (Å²) in [6.45, 7) is 2.98. The molecule has 0 bridgehead atoms.